The molecule has 0 bridgehead atoms. The van der Waals surface area contributed by atoms with Crippen LogP contribution in [-0.2, 0) is 6.54 Å². The molecule has 1 saturated carbocycles. The molecule has 1 fully saturated rings. The Morgan fingerprint density at radius 1 is 1.25 bits per heavy atom. The van der Waals surface area contributed by atoms with Crippen LogP contribution in [0.4, 0.5) is 5.69 Å². The van der Waals surface area contributed by atoms with Crippen LogP contribution in [-0.4, -0.2) is 20.8 Å². The molecule has 3 rings (SSSR count). The molecule has 4 heteroatoms. The van der Waals surface area contributed by atoms with Gasteiger partial charge in [-0.3, -0.25) is 0 Å². The van der Waals surface area contributed by atoms with Crippen molar-refractivity contribution < 1.29 is 0 Å². The SMILES string of the molecule is CC(Nc1ccc(Cn2cncn2)cc1)C1CCCC1. The molecule has 0 radical (unpaired) electrons. The molecular weight excluding hydrogens is 248 g/mol. The molecule has 1 aromatic carbocycles. The number of anilines is 1. The molecule has 1 aromatic heterocycles. The van der Waals surface area contributed by atoms with E-state index < -0.39 is 0 Å². The first-order chi connectivity index (χ1) is 9.81. The first kappa shape index (κ1) is 13.2. The maximum atomic E-state index is 4.12. The van der Waals surface area contributed by atoms with Gasteiger partial charge in [-0.25, -0.2) is 9.67 Å². The van der Waals surface area contributed by atoms with Crippen molar-refractivity contribution in [1.82, 2.24) is 14.8 Å². The van der Waals surface area contributed by atoms with Gasteiger partial charge in [0.1, 0.15) is 12.7 Å². The topological polar surface area (TPSA) is 42.7 Å². The number of rotatable bonds is 5. The van der Waals surface area contributed by atoms with Gasteiger partial charge < -0.3 is 5.32 Å². The van der Waals surface area contributed by atoms with Gasteiger partial charge in [0.05, 0.1) is 6.54 Å². The van der Waals surface area contributed by atoms with E-state index in [9.17, 15) is 0 Å². The predicted molar refractivity (Wildman–Crippen MR) is 80.6 cm³/mol. The summed E-state index contributed by atoms with van der Waals surface area (Å²) in [5.74, 6) is 0.838. The normalized spacial score (nSPS) is 17.2. The van der Waals surface area contributed by atoms with E-state index in [2.05, 4.69) is 46.6 Å². The lowest BCUT2D eigenvalue weighted by Crippen LogP contribution is -2.23. The van der Waals surface area contributed by atoms with Gasteiger partial charge in [-0.05, 0) is 43.4 Å². The zero-order valence-electron chi connectivity index (χ0n) is 12.0. The highest BCUT2D eigenvalue weighted by Gasteiger charge is 2.21. The van der Waals surface area contributed by atoms with Crippen LogP contribution in [0.2, 0.25) is 0 Å². The smallest absolute Gasteiger partial charge is 0.137 e. The van der Waals surface area contributed by atoms with E-state index in [1.807, 2.05) is 4.68 Å². The summed E-state index contributed by atoms with van der Waals surface area (Å²) < 4.78 is 1.84. The minimum absolute atomic E-state index is 0.568. The van der Waals surface area contributed by atoms with Gasteiger partial charge in [0.2, 0.25) is 0 Å². The maximum Gasteiger partial charge on any atom is 0.137 e. The van der Waals surface area contributed by atoms with Crippen molar-refractivity contribution in [3.05, 3.63) is 42.5 Å². The summed E-state index contributed by atoms with van der Waals surface area (Å²) in [7, 11) is 0. The minimum atomic E-state index is 0.568. The van der Waals surface area contributed by atoms with Crippen LogP contribution >= 0.6 is 0 Å². The van der Waals surface area contributed by atoms with Crippen LogP contribution < -0.4 is 5.32 Å². The lowest BCUT2D eigenvalue weighted by atomic mass is 9.99. The summed E-state index contributed by atoms with van der Waals surface area (Å²) in [6.07, 6.45) is 8.85. The zero-order valence-corrected chi connectivity index (χ0v) is 12.0. The highest BCUT2D eigenvalue weighted by atomic mass is 15.3. The van der Waals surface area contributed by atoms with E-state index in [1.165, 1.54) is 36.9 Å². The lowest BCUT2D eigenvalue weighted by molar-refractivity contribution is 0.482. The highest BCUT2D eigenvalue weighted by molar-refractivity contribution is 5.45. The molecule has 1 aliphatic rings. The van der Waals surface area contributed by atoms with Crippen molar-refractivity contribution in [2.75, 3.05) is 5.32 Å². The van der Waals surface area contributed by atoms with Crippen LogP contribution in [0.3, 0.4) is 0 Å². The summed E-state index contributed by atoms with van der Waals surface area (Å²) in [6.45, 7) is 3.08. The highest BCUT2D eigenvalue weighted by Crippen LogP contribution is 2.29. The van der Waals surface area contributed by atoms with Crippen LogP contribution in [0.15, 0.2) is 36.9 Å². The molecule has 1 unspecified atom stereocenters. The molecule has 0 amide bonds. The Bertz CT molecular complexity index is 512. The average Bonchev–Trinajstić information content (AvgIpc) is 3.13. The second-order valence-electron chi connectivity index (χ2n) is 5.77. The molecule has 1 atom stereocenters. The van der Waals surface area contributed by atoms with Gasteiger partial charge >= 0.3 is 0 Å². The Morgan fingerprint density at radius 3 is 2.65 bits per heavy atom. The predicted octanol–water partition coefficient (Wildman–Crippen LogP) is 3.32. The van der Waals surface area contributed by atoms with Crippen molar-refractivity contribution >= 4 is 5.69 Å². The fourth-order valence-corrected chi connectivity index (χ4v) is 3.05. The fourth-order valence-electron chi connectivity index (χ4n) is 3.05. The Hall–Kier alpha value is -1.84. The van der Waals surface area contributed by atoms with Crippen LogP contribution in [0.25, 0.3) is 0 Å². The summed E-state index contributed by atoms with van der Waals surface area (Å²) in [5.41, 5.74) is 2.46. The molecule has 4 nitrogen and oxygen atoms in total. The Balaban J connectivity index is 1.58. The van der Waals surface area contributed by atoms with E-state index in [1.54, 1.807) is 12.7 Å². The largest absolute Gasteiger partial charge is 0.382 e. The third-order valence-corrected chi connectivity index (χ3v) is 4.27. The van der Waals surface area contributed by atoms with Crippen LogP contribution in [0.5, 0.6) is 0 Å². The van der Waals surface area contributed by atoms with Gasteiger partial charge in [-0.2, -0.15) is 5.10 Å². The molecular formula is C16H22N4. The third-order valence-electron chi connectivity index (χ3n) is 4.27. The van der Waals surface area contributed by atoms with Gasteiger partial charge in [0.15, 0.2) is 0 Å². The summed E-state index contributed by atoms with van der Waals surface area (Å²) in [4.78, 5) is 3.96. The number of nitrogens with zero attached hydrogens (tertiary/aromatic N) is 3. The monoisotopic (exact) mass is 270 g/mol. The molecule has 1 aliphatic carbocycles. The lowest BCUT2D eigenvalue weighted by Gasteiger charge is -2.21. The quantitative estimate of drug-likeness (QED) is 0.906. The van der Waals surface area contributed by atoms with Crippen molar-refractivity contribution in [2.45, 2.75) is 45.2 Å². The second kappa shape index (κ2) is 6.07. The van der Waals surface area contributed by atoms with Crippen molar-refractivity contribution in [1.29, 1.82) is 0 Å². The average molecular weight is 270 g/mol. The summed E-state index contributed by atoms with van der Waals surface area (Å²) >= 11 is 0. The molecule has 20 heavy (non-hydrogen) atoms. The van der Waals surface area contributed by atoms with E-state index in [-0.39, 0.29) is 0 Å². The Morgan fingerprint density at radius 2 is 2.00 bits per heavy atom. The van der Waals surface area contributed by atoms with E-state index in [0.29, 0.717) is 6.04 Å². The first-order valence-electron chi connectivity index (χ1n) is 7.49. The van der Waals surface area contributed by atoms with Crippen LogP contribution in [0, 0.1) is 5.92 Å². The Labute approximate surface area is 120 Å². The van der Waals surface area contributed by atoms with E-state index in [0.717, 1.165) is 12.5 Å². The summed E-state index contributed by atoms with van der Waals surface area (Å²) in [5, 5.41) is 7.76. The summed E-state index contributed by atoms with van der Waals surface area (Å²) in [6, 6.07) is 9.21. The molecule has 106 valence electrons. The molecule has 0 aliphatic heterocycles. The van der Waals surface area contributed by atoms with Gasteiger partial charge in [-0.15, -0.1) is 0 Å². The molecule has 1 N–H and O–H groups in total. The number of nitrogens with one attached hydrogen (secondary N) is 1. The third kappa shape index (κ3) is 3.18. The zero-order chi connectivity index (χ0) is 13.8. The fraction of sp³-hybridized carbons (Fsp3) is 0.500. The van der Waals surface area contributed by atoms with Gasteiger partial charge in [0.25, 0.3) is 0 Å². The van der Waals surface area contributed by atoms with Crippen molar-refractivity contribution in [3.63, 3.8) is 0 Å². The number of hydrogen-bond acceptors (Lipinski definition) is 3. The van der Waals surface area contributed by atoms with E-state index >= 15 is 0 Å². The first-order valence-corrected chi connectivity index (χ1v) is 7.49. The van der Waals surface area contributed by atoms with Crippen LogP contribution in [0.1, 0.15) is 38.2 Å². The van der Waals surface area contributed by atoms with Gasteiger partial charge in [0, 0.05) is 11.7 Å². The van der Waals surface area contributed by atoms with Crippen molar-refractivity contribution in [3.8, 4) is 0 Å². The van der Waals surface area contributed by atoms with Gasteiger partial charge in [-0.1, -0.05) is 25.0 Å². The standard InChI is InChI=1S/C16H22N4/c1-13(15-4-2-3-5-15)19-16-8-6-14(7-9-16)10-20-12-17-11-18-20/h6-9,11-13,15,19H,2-5,10H2,1H3. The molecule has 0 spiro atoms. The number of benzene rings is 1. The Kier molecular flexibility index (Phi) is 4.00. The number of hydrogen-bond donors (Lipinski definition) is 1. The van der Waals surface area contributed by atoms with E-state index in [4.69, 9.17) is 0 Å². The molecule has 1 heterocycles. The second-order valence-corrected chi connectivity index (χ2v) is 5.77. The number of aromatic nitrogens is 3. The molecule has 2 aromatic rings. The maximum absolute atomic E-state index is 4.12. The minimum Gasteiger partial charge on any atom is -0.382 e. The molecule has 0 saturated heterocycles. The van der Waals surface area contributed by atoms with Crippen molar-refractivity contribution in [2.24, 2.45) is 5.92 Å².